The minimum absolute atomic E-state index is 0.0636. The average molecular weight is 919 g/mol. The van der Waals surface area contributed by atoms with Gasteiger partial charge in [0.05, 0.1) is 18.7 Å². The number of hydrogen-bond acceptors (Lipinski definition) is 10. The molecule has 66 heavy (non-hydrogen) atoms. The van der Waals surface area contributed by atoms with Gasteiger partial charge in [-0.15, -0.1) is 0 Å². The van der Waals surface area contributed by atoms with Crippen LogP contribution >= 0.6 is 0 Å². The van der Waals surface area contributed by atoms with E-state index in [0.29, 0.717) is 16.8 Å². The van der Waals surface area contributed by atoms with Crippen LogP contribution in [0.15, 0.2) is 66.2 Å². The van der Waals surface area contributed by atoms with Crippen molar-refractivity contribution >= 4 is 47.2 Å². The zero-order valence-corrected chi connectivity index (χ0v) is 42.6. The van der Waals surface area contributed by atoms with Crippen LogP contribution in [0.2, 0.25) is 0 Å². The number of nitrogens with zero attached hydrogens (tertiary/aromatic N) is 2. The van der Waals surface area contributed by atoms with Gasteiger partial charge >= 0.3 is 18.2 Å². The number of nitrogens with one attached hydrogen (secondary N) is 2. The summed E-state index contributed by atoms with van der Waals surface area (Å²) in [7, 11) is 3.21. The van der Waals surface area contributed by atoms with Gasteiger partial charge in [0.25, 0.3) is 0 Å². The van der Waals surface area contributed by atoms with Gasteiger partial charge in [-0.1, -0.05) is 118 Å². The molecule has 0 bridgehead atoms. The third kappa shape index (κ3) is 16.7. The molecule has 2 aromatic rings. The summed E-state index contributed by atoms with van der Waals surface area (Å²) in [4.78, 5) is 97.4. The third-order valence-electron chi connectivity index (χ3n) is 11.7. The molecule has 14 nitrogen and oxygen atoms in total. The molecule has 2 N–H and O–H groups in total. The smallest absolute Gasteiger partial charge is 0.410 e. The Bertz CT molecular complexity index is 2010. The van der Waals surface area contributed by atoms with Crippen molar-refractivity contribution < 1.29 is 47.8 Å². The van der Waals surface area contributed by atoms with Gasteiger partial charge in [-0.2, -0.15) is 0 Å². The molecule has 2 rings (SSSR count). The van der Waals surface area contributed by atoms with E-state index in [4.69, 9.17) is 14.2 Å². The second-order valence-corrected chi connectivity index (χ2v) is 20.6. The highest BCUT2D eigenvalue weighted by Gasteiger charge is 2.45. The van der Waals surface area contributed by atoms with Crippen molar-refractivity contribution in [1.29, 1.82) is 0 Å². The minimum Gasteiger partial charge on any atom is -0.463 e. The molecule has 0 unspecified atom stereocenters. The van der Waals surface area contributed by atoms with E-state index < -0.39 is 64.5 Å². The fourth-order valence-electron chi connectivity index (χ4n) is 7.80. The molecule has 5 atom stereocenters. The van der Waals surface area contributed by atoms with Gasteiger partial charge in [-0.05, 0) is 75.1 Å². The van der Waals surface area contributed by atoms with E-state index >= 15 is 0 Å². The van der Waals surface area contributed by atoms with Crippen molar-refractivity contribution in [2.45, 2.75) is 152 Å². The number of hydrogen-bond donors (Lipinski definition) is 2. The number of ether oxygens (including phenoxy) is 3. The highest BCUT2D eigenvalue weighted by Crippen LogP contribution is 2.37. The Kier molecular flexibility index (Phi) is 20.8. The van der Waals surface area contributed by atoms with Gasteiger partial charge in [-0.3, -0.25) is 19.2 Å². The quantitative estimate of drug-likeness (QED) is 0.0697. The molecule has 4 amide bonds. The molecule has 14 heteroatoms. The molecule has 2 aromatic carbocycles. The number of anilines is 1. The van der Waals surface area contributed by atoms with Gasteiger partial charge in [0, 0.05) is 55.4 Å². The summed E-state index contributed by atoms with van der Waals surface area (Å²) in [6, 6.07) is 13.8. The zero-order valence-electron chi connectivity index (χ0n) is 42.6. The fourth-order valence-corrected chi connectivity index (χ4v) is 7.80. The summed E-state index contributed by atoms with van der Waals surface area (Å²) in [6.07, 6.45) is 0.0165. The first-order valence-electron chi connectivity index (χ1n) is 22.9. The van der Waals surface area contributed by atoms with E-state index in [1.165, 1.54) is 11.9 Å². The van der Waals surface area contributed by atoms with Crippen LogP contribution in [0.25, 0.3) is 0 Å². The first-order chi connectivity index (χ1) is 30.4. The molecule has 366 valence electrons. The van der Waals surface area contributed by atoms with Crippen LogP contribution in [0.1, 0.15) is 128 Å². The van der Waals surface area contributed by atoms with Crippen molar-refractivity contribution in [3.05, 3.63) is 77.4 Å². The zero-order chi connectivity index (χ0) is 50.5. The lowest BCUT2D eigenvalue weighted by Crippen LogP contribution is -2.55. The van der Waals surface area contributed by atoms with Crippen molar-refractivity contribution in [3.8, 4) is 0 Å². The van der Waals surface area contributed by atoms with Crippen molar-refractivity contribution in [1.82, 2.24) is 15.1 Å². The first-order valence-corrected chi connectivity index (χ1v) is 22.9. The monoisotopic (exact) mass is 919 g/mol. The van der Waals surface area contributed by atoms with Crippen LogP contribution in [-0.4, -0.2) is 95.8 Å². The maximum atomic E-state index is 14.8. The number of ketones is 2. The highest BCUT2D eigenvalue weighted by molar-refractivity contribution is 5.97. The van der Waals surface area contributed by atoms with Crippen LogP contribution in [0.5, 0.6) is 0 Å². The Morgan fingerprint density at radius 3 is 1.80 bits per heavy atom. The van der Waals surface area contributed by atoms with Gasteiger partial charge in [0.15, 0.2) is 11.6 Å². The Hall–Kier alpha value is -5.53. The summed E-state index contributed by atoms with van der Waals surface area (Å²) in [5.74, 6) is -3.50. The molecule has 0 aliphatic rings. The van der Waals surface area contributed by atoms with Gasteiger partial charge in [0.1, 0.15) is 18.2 Å². The molecule has 0 radical (unpaired) electrons. The first kappa shape index (κ1) is 56.6. The summed E-state index contributed by atoms with van der Waals surface area (Å²) in [5.41, 5.74) is -0.0437. The lowest BCUT2D eigenvalue weighted by molar-refractivity contribution is -0.144. The van der Waals surface area contributed by atoms with Crippen LogP contribution < -0.4 is 10.6 Å². The SMILES string of the molecule is CCOC(=O)/C(C)=C/[C@H](C(C)C)N(C)C(=O)[C@@H](CC(=O)[C@@H](N(C)C(=O)OCc1ccc(NC(=O)[C@H](C)CC(=O)[C@@H](NC(=O)OC(C)(C)C)C(C)C)cc1)C(C)(C)c1ccccc1)C(C)(C)C. The van der Waals surface area contributed by atoms with Gasteiger partial charge in [-0.25, -0.2) is 14.4 Å². The summed E-state index contributed by atoms with van der Waals surface area (Å²) in [6.45, 7) is 27.3. The largest absolute Gasteiger partial charge is 0.463 e. The van der Waals surface area contributed by atoms with E-state index in [-0.39, 0.29) is 61.3 Å². The number of Topliss-reactive ketones (excluding diaryl/α,β-unsaturated/α-hetero) is 2. The number of esters is 1. The van der Waals surface area contributed by atoms with Crippen LogP contribution in [0.3, 0.4) is 0 Å². The number of alkyl carbamates (subject to hydrolysis) is 1. The van der Waals surface area contributed by atoms with Gasteiger partial charge in [0.2, 0.25) is 11.8 Å². The molecule has 0 saturated heterocycles. The Balaban J connectivity index is 2.29. The van der Waals surface area contributed by atoms with Crippen molar-refractivity contribution in [3.63, 3.8) is 0 Å². The predicted octanol–water partition coefficient (Wildman–Crippen LogP) is 9.30. The lowest BCUT2D eigenvalue weighted by atomic mass is 9.71. The molecule has 0 aromatic heterocycles. The van der Waals surface area contributed by atoms with Crippen LogP contribution in [-0.2, 0) is 50.2 Å². The maximum absolute atomic E-state index is 14.8. The van der Waals surface area contributed by atoms with E-state index in [1.807, 2.05) is 78.8 Å². The fraction of sp³-hybridized carbons (Fsp3) is 0.596. The third-order valence-corrected chi connectivity index (χ3v) is 11.7. The van der Waals surface area contributed by atoms with Crippen molar-refractivity contribution in [2.24, 2.45) is 29.1 Å². The summed E-state index contributed by atoms with van der Waals surface area (Å²) < 4.78 is 16.3. The number of benzene rings is 2. The molecule has 0 heterocycles. The molecular formula is C52H78N4O10. The number of carbonyl (C=O) groups excluding carboxylic acids is 7. The minimum atomic E-state index is -1.04. The number of carbonyl (C=O) groups is 7. The van der Waals surface area contributed by atoms with E-state index in [1.54, 1.807) is 97.7 Å². The Labute approximate surface area is 393 Å². The maximum Gasteiger partial charge on any atom is 0.410 e. The summed E-state index contributed by atoms with van der Waals surface area (Å²) in [5, 5.41) is 5.46. The molecule has 0 fully saturated rings. The second-order valence-electron chi connectivity index (χ2n) is 20.6. The van der Waals surface area contributed by atoms with E-state index in [2.05, 4.69) is 10.6 Å². The average Bonchev–Trinajstić information content (AvgIpc) is 3.21. The Morgan fingerprint density at radius 2 is 1.30 bits per heavy atom. The molecule has 0 saturated carbocycles. The standard InChI is InChI=1S/C52H78N4O10/c1-18-64-47(61)35(7)28-40(32(2)3)55(16)46(60)39(50(8,9)10)30-42(58)44(52(14,15)37-22-20-19-21-23-37)56(17)49(63)65-31-36-24-26-38(27-25-36)53-45(59)34(6)29-41(57)43(33(4)5)54-48(62)66-51(11,12)13/h19-28,32-34,39-40,43-44H,18,29-31H2,1-17H3,(H,53,59)(H,54,62)/b35-28+/t34-,39-,40-,43+,44-/m1/s1. The summed E-state index contributed by atoms with van der Waals surface area (Å²) >= 11 is 0. The second kappa shape index (κ2) is 24.3. The number of amides is 4. The van der Waals surface area contributed by atoms with E-state index in [9.17, 15) is 33.6 Å². The van der Waals surface area contributed by atoms with Crippen LogP contribution in [0, 0.1) is 29.1 Å². The number of rotatable bonds is 21. The molecule has 0 spiro atoms. The molecule has 0 aliphatic carbocycles. The molecular weight excluding hydrogens is 841 g/mol. The Morgan fingerprint density at radius 1 is 0.727 bits per heavy atom. The lowest BCUT2D eigenvalue weighted by Gasteiger charge is -2.41. The predicted molar refractivity (Wildman–Crippen MR) is 257 cm³/mol. The number of likely N-dealkylation sites (N-methyl/N-ethyl adjacent to an activating group) is 2. The van der Waals surface area contributed by atoms with E-state index in [0.717, 1.165) is 5.56 Å². The normalized spacial score (nSPS) is 14.6. The van der Waals surface area contributed by atoms with Gasteiger partial charge < -0.3 is 34.6 Å². The van der Waals surface area contributed by atoms with Crippen molar-refractivity contribution in [2.75, 3.05) is 26.0 Å². The molecule has 0 aliphatic heterocycles. The van der Waals surface area contributed by atoms with Crippen LogP contribution in [0.4, 0.5) is 15.3 Å². The highest BCUT2D eigenvalue weighted by atomic mass is 16.6. The topological polar surface area (TPSA) is 178 Å².